The second kappa shape index (κ2) is 7.61. The molecule has 26 heavy (non-hydrogen) atoms. The molecule has 1 aromatic heterocycles. The Hall–Kier alpha value is -2.80. The topological polar surface area (TPSA) is 90.7 Å². The minimum Gasteiger partial charge on any atom is -0.497 e. The highest BCUT2D eigenvalue weighted by atomic mass is 32.1. The van der Waals surface area contributed by atoms with Crippen molar-refractivity contribution in [3.8, 4) is 11.5 Å². The predicted octanol–water partition coefficient (Wildman–Crippen LogP) is 3.00. The van der Waals surface area contributed by atoms with Gasteiger partial charge in [-0.2, -0.15) is 0 Å². The van der Waals surface area contributed by atoms with Crippen LogP contribution >= 0.6 is 11.3 Å². The number of ether oxygens (including phenoxy) is 2. The SMILES string of the molecule is COc1ccc(OC)c(/C=C/C(=O)Nc2sc3c(c2C(N)=O)CCC3)c1. The number of carbonyl (C=O) groups excluding carboxylic acids is 2. The number of nitrogens with two attached hydrogens (primary N) is 1. The Labute approximate surface area is 155 Å². The second-order valence-electron chi connectivity index (χ2n) is 5.86. The molecule has 3 N–H and O–H groups in total. The molecule has 136 valence electrons. The molecule has 0 spiro atoms. The second-order valence-corrected chi connectivity index (χ2v) is 6.96. The summed E-state index contributed by atoms with van der Waals surface area (Å²) in [6.45, 7) is 0. The highest BCUT2D eigenvalue weighted by molar-refractivity contribution is 7.17. The van der Waals surface area contributed by atoms with Gasteiger partial charge in [-0.05, 0) is 49.1 Å². The zero-order chi connectivity index (χ0) is 18.7. The van der Waals surface area contributed by atoms with Gasteiger partial charge in [0.25, 0.3) is 5.91 Å². The van der Waals surface area contributed by atoms with Crippen molar-refractivity contribution in [2.75, 3.05) is 19.5 Å². The lowest BCUT2D eigenvalue weighted by Crippen LogP contribution is -2.16. The van der Waals surface area contributed by atoms with E-state index in [1.165, 1.54) is 17.4 Å². The Morgan fingerprint density at radius 2 is 2.04 bits per heavy atom. The zero-order valence-corrected chi connectivity index (χ0v) is 15.4. The molecule has 0 atom stereocenters. The van der Waals surface area contributed by atoms with Crippen molar-refractivity contribution < 1.29 is 19.1 Å². The maximum absolute atomic E-state index is 12.3. The van der Waals surface area contributed by atoms with Gasteiger partial charge in [-0.3, -0.25) is 9.59 Å². The Morgan fingerprint density at radius 3 is 2.73 bits per heavy atom. The third-order valence-electron chi connectivity index (χ3n) is 4.26. The molecule has 0 unspecified atom stereocenters. The van der Waals surface area contributed by atoms with Gasteiger partial charge in [0.05, 0.1) is 19.8 Å². The van der Waals surface area contributed by atoms with Crippen LogP contribution in [-0.4, -0.2) is 26.0 Å². The quantitative estimate of drug-likeness (QED) is 0.763. The summed E-state index contributed by atoms with van der Waals surface area (Å²) < 4.78 is 10.5. The van der Waals surface area contributed by atoms with E-state index in [1.807, 2.05) is 0 Å². The van der Waals surface area contributed by atoms with Gasteiger partial charge in [0.1, 0.15) is 16.5 Å². The first-order chi connectivity index (χ1) is 12.5. The average Bonchev–Trinajstić information content (AvgIpc) is 3.19. The minimum absolute atomic E-state index is 0.336. The lowest BCUT2D eigenvalue weighted by molar-refractivity contribution is -0.111. The molecule has 7 heteroatoms. The van der Waals surface area contributed by atoms with Gasteiger partial charge in [-0.25, -0.2) is 0 Å². The molecule has 0 bridgehead atoms. The van der Waals surface area contributed by atoms with E-state index in [2.05, 4.69) is 5.32 Å². The zero-order valence-electron chi connectivity index (χ0n) is 14.6. The summed E-state index contributed by atoms with van der Waals surface area (Å²) in [6.07, 6.45) is 5.81. The molecular weight excluding hydrogens is 352 g/mol. The molecular formula is C19H20N2O4S. The molecule has 0 radical (unpaired) electrons. The fraction of sp³-hybridized carbons (Fsp3) is 0.263. The van der Waals surface area contributed by atoms with Gasteiger partial charge < -0.3 is 20.5 Å². The van der Waals surface area contributed by atoms with Gasteiger partial charge in [-0.1, -0.05) is 0 Å². The number of aryl methyl sites for hydroxylation is 1. The number of methoxy groups -OCH3 is 2. The number of nitrogens with one attached hydrogen (secondary N) is 1. The molecule has 0 saturated heterocycles. The molecule has 6 nitrogen and oxygen atoms in total. The number of anilines is 1. The standard InChI is InChI=1S/C19H20N2O4S/c1-24-12-7-8-14(25-2)11(10-12)6-9-16(22)21-19-17(18(20)23)13-4-3-5-15(13)26-19/h6-10H,3-5H2,1-2H3,(H2,20,23)(H,21,22)/b9-6+. The number of hydrogen-bond acceptors (Lipinski definition) is 5. The van der Waals surface area contributed by atoms with Crippen molar-refractivity contribution in [2.45, 2.75) is 19.3 Å². The first-order valence-corrected chi connectivity index (χ1v) is 9.00. The van der Waals surface area contributed by atoms with Crippen LogP contribution in [0.1, 0.15) is 32.8 Å². The van der Waals surface area contributed by atoms with Gasteiger partial charge in [0.2, 0.25) is 5.91 Å². The summed E-state index contributed by atoms with van der Waals surface area (Å²) in [5.74, 6) is 0.453. The summed E-state index contributed by atoms with van der Waals surface area (Å²) in [4.78, 5) is 25.2. The van der Waals surface area contributed by atoms with Crippen LogP contribution < -0.4 is 20.5 Å². The normalized spacial score (nSPS) is 12.8. The summed E-state index contributed by atoms with van der Waals surface area (Å²) in [5.41, 5.74) is 7.65. The number of fused-ring (bicyclic) bond motifs is 1. The number of hydrogen-bond donors (Lipinski definition) is 2. The van der Waals surface area contributed by atoms with Crippen molar-refractivity contribution >= 4 is 34.2 Å². The molecule has 2 aromatic rings. The molecule has 0 saturated carbocycles. The van der Waals surface area contributed by atoms with Crippen LogP contribution in [0.5, 0.6) is 11.5 Å². The molecule has 1 heterocycles. The average molecular weight is 372 g/mol. The molecule has 0 aliphatic heterocycles. The van der Waals surface area contributed by atoms with Crippen molar-refractivity contribution in [1.82, 2.24) is 0 Å². The Morgan fingerprint density at radius 1 is 1.23 bits per heavy atom. The summed E-state index contributed by atoms with van der Waals surface area (Å²) in [5, 5.41) is 3.30. The third-order valence-corrected chi connectivity index (χ3v) is 5.46. The third kappa shape index (κ3) is 3.57. The lowest BCUT2D eigenvalue weighted by Gasteiger charge is -2.07. The molecule has 3 rings (SSSR count). The number of thiophene rings is 1. The fourth-order valence-electron chi connectivity index (χ4n) is 3.04. The van der Waals surface area contributed by atoms with Crippen LogP contribution in [0.3, 0.4) is 0 Å². The van der Waals surface area contributed by atoms with Gasteiger partial charge >= 0.3 is 0 Å². The van der Waals surface area contributed by atoms with Crippen molar-refractivity contribution in [3.63, 3.8) is 0 Å². The van der Waals surface area contributed by atoms with Gasteiger partial charge in [0, 0.05) is 16.5 Å². The van der Waals surface area contributed by atoms with Crippen LogP contribution in [-0.2, 0) is 17.6 Å². The first-order valence-electron chi connectivity index (χ1n) is 8.19. The molecule has 2 amide bonds. The van der Waals surface area contributed by atoms with E-state index in [1.54, 1.807) is 38.5 Å². The Kier molecular flexibility index (Phi) is 5.27. The highest BCUT2D eigenvalue weighted by Crippen LogP contribution is 2.38. The van der Waals surface area contributed by atoms with E-state index in [4.69, 9.17) is 15.2 Å². The maximum atomic E-state index is 12.3. The van der Waals surface area contributed by atoms with Crippen LogP contribution in [0, 0.1) is 0 Å². The minimum atomic E-state index is -0.502. The van der Waals surface area contributed by atoms with Crippen LogP contribution in [0.2, 0.25) is 0 Å². The smallest absolute Gasteiger partial charge is 0.251 e. The van der Waals surface area contributed by atoms with E-state index in [0.717, 1.165) is 29.7 Å². The van der Waals surface area contributed by atoms with Gasteiger partial charge in [-0.15, -0.1) is 11.3 Å². The molecule has 1 aromatic carbocycles. The van der Waals surface area contributed by atoms with Crippen molar-refractivity contribution in [3.05, 3.63) is 45.8 Å². The van der Waals surface area contributed by atoms with Crippen molar-refractivity contribution in [1.29, 1.82) is 0 Å². The largest absolute Gasteiger partial charge is 0.497 e. The van der Waals surface area contributed by atoms with Crippen LogP contribution in [0.15, 0.2) is 24.3 Å². The predicted molar refractivity (Wildman–Crippen MR) is 102 cm³/mol. The van der Waals surface area contributed by atoms with Gasteiger partial charge in [0.15, 0.2) is 0 Å². The summed E-state index contributed by atoms with van der Waals surface area (Å²) >= 11 is 1.43. The van der Waals surface area contributed by atoms with Crippen molar-refractivity contribution in [2.24, 2.45) is 5.73 Å². The molecule has 0 fully saturated rings. The molecule has 1 aliphatic rings. The fourth-order valence-corrected chi connectivity index (χ4v) is 4.34. The lowest BCUT2D eigenvalue weighted by atomic mass is 10.1. The number of carbonyl (C=O) groups is 2. The van der Waals surface area contributed by atoms with E-state index in [-0.39, 0.29) is 5.91 Å². The van der Waals surface area contributed by atoms with Crippen LogP contribution in [0.25, 0.3) is 6.08 Å². The highest BCUT2D eigenvalue weighted by Gasteiger charge is 2.25. The number of rotatable bonds is 6. The number of benzene rings is 1. The summed E-state index contributed by atoms with van der Waals surface area (Å²) in [6, 6.07) is 5.32. The maximum Gasteiger partial charge on any atom is 0.251 e. The van der Waals surface area contributed by atoms with E-state index in [9.17, 15) is 9.59 Å². The Bertz CT molecular complexity index is 886. The molecule has 1 aliphatic carbocycles. The van der Waals surface area contributed by atoms with E-state index < -0.39 is 5.91 Å². The summed E-state index contributed by atoms with van der Waals surface area (Å²) in [7, 11) is 3.13. The number of primary amides is 1. The monoisotopic (exact) mass is 372 g/mol. The van der Waals surface area contributed by atoms with E-state index >= 15 is 0 Å². The number of amides is 2. The first kappa shape index (κ1) is 18.0. The van der Waals surface area contributed by atoms with E-state index in [0.29, 0.717) is 27.6 Å². The Balaban J connectivity index is 1.80. The van der Waals surface area contributed by atoms with Crippen LogP contribution in [0.4, 0.5) is 5.00 Å².